The third-order valence-electron chi connectivity index (χ3n) is 12.5. The zero-order chi connectivity index (χ0) is 41.0. The lowest BCUT2D eigenvalue weighted by Crippen LogP contribution is -2.12. The van der Waals surface area contributed by atoms with Crippen molar-refractivity contribution in [3.05, 3.63) is 237 Å². The van der Waals surface area contributed by atoms with Crippen molar-refractivity contribution in [1.82, 2.24) is 0 Å². The number of furan rings is 1. The van der Waals surface area contributed by atoms with Crippen LogP contribution in [-0.4, -0.2) is 0 Å². The molecule has 0 fully saturated rings. The molecule has 0 bridgehead atoms. The van der Waals surface area contributed by atoms with Crippen molar-refractivity contribution in [2.45, 2.75) is 0 Å². The second-order valence-corrected chi connectivity index (χ2v) is 16.0. The largest absolute Gasteiger partial charge is 0.455 e. The minimum Gasteiger partial charge on any atom is -0.455 e. The second-order valence-electron chi connectivity index (χ2n) is 16.0. The summed E-state index contributed by atoms with van der Waals surface area (Å²) < 4.78 is 6.61. The molecule has 290 valence electrons. The van der Waals surface area contributed by atoms with E-state index in [1.54, 1.807) is 0 Å². The van der Waals surface area contributed by atoms with Gasteiger partial charge in [0.05, 0.1) is 5.69 Å². The van der Waals surface area contributed by atoms with Gasteiger partial charge in [-0.05, 0) is 90.6 Å². The van der Waals surface area contributed by atoms with Gasteiger partial charge in [-0.25, -0.2) is 0 Å². The van der Waals surface area contributed by atoms with E-state index in [2.05, 4.69) is 235 Å². The van der Waals surface area contributed by atoms with E-state index in [9.17, 15) is 0 Å². The fourth-order valence-electron chi connectivity index (χ4n) is 9.55. The van der Waals surface area contributed by atoms with E-state index in [0.29, 0.717) is 0 Å². The standard InChI is InChI=1S/C60H39NO/c1-2-15-40(16-3-1)41-31-33-42(34-32-41)43-35-37-46(38-36-43)61(47-20-12-19-45(39-47)49-27-14-29-56-52-24-10-11-30-57(52)62-60(49)56)59-55-26-9-7-23-51(55)50-22-6-8-25-54(50)58(59)53-28-13-18-44-17-4-5-21-48(44)53/h1-39H. The predicted octanol–water partition coefficient (Wildman–Crippen LogP) is 17.2. The van der Waals surface area contributed by atoms with Gasteiger partial charge < -0.3 is 9.32 Å². The van der Waals surface area contributed by atoms with Crippen LogP contribution >= 0.6 is 0 Å². The Morgan fingerprint density at radius 2 is 0.790 bits per heavy atom. The van der Waals surface area contributed by atoms with Crippen LogP contribution in [0, 0.1) is 0 Å². The van der Waals surface area contributed by atoms with Crippen LogP contribution in [0.2, 0.25) is 0 Å². The molecule has 0 saturated carbocycles. The quantitative estimate of drug-likeness (QED) is 0.150. The molecule has 11 aromatic carbocycles. The summed E-state index contributed by atoms with van der Waals surface area (Å²) in [6.45, 7) is 0. The number of anilines is 3. The van der Waals surface area contributed by atoms with Crippen LogP contribution in [0.25, 0.3) is 98.8 Å². The highest BCUT2D eigenvalue weighted by Gasteiger charge is 2.25. The number of hydrogen-bond acceptors (Lipinski definition) is 2. The fourth-order valence-corrected chi connectivity index (χ4v) is 9.55. The Hall–Kier alpha value is -8.20. The van der Waals surface area contributed by atoms with Crippen LogP contribution < -0.4 is 4.90 Å². The van der Waals surface area contributed by atoms with Crippen molar-refractivity contribution in [1.29, 1.82) is 0 Å². The molecule has 1 heterocycles. The van der Waals surface area contributed by atoms with Crippen molar-refractivity contribution < 1.29 is 4.42 Å². The minimum absolute atomic E-state index is 0.893. The lowest BCUT2D eigenvalue weighted by atomic mass is 9.88. The molecule has 2 nitrogen and oxygen atoms in total. The zero-order valence-corrected chi connectivity index (χ0v) is 33.9. The van der Waals surface area contributed by atoms with Gasteiger partial charge in [0, 0.05) is 38.7 Å². The first-order valence-electron chi connectivity index (χ1n) is 21.3. The highest BCUT2D eigenvalue weighted by atomic mass is 16.3. The SMILES string of the molecule is c1ccc(-c2ccc(-c3ccc(N(c4cccc(-c5cccc6c5oc5ccccc56)c4)c4c(-c5cccc6ccccc56)c5ccccc5c5ccccc45)cc3)cc2)cc1. The number of rotatable bonds is 7. The molecule has 0 radical (unpaired) electrons. The molecule has 0 spiro atoms. The molecular weight excluding hydrogens is 751 g/mol. The van der Waals surface area contributed by atoms with E-state index >= 15 is 0 Å². The van der Waals surface area contributed by atoms with E-state index in [1.807, 2.05) is 6.07 Å². The maximum Gasteiger partial charge on any atom is 0.143 e. The summed E-state index contributed by atoms with van der Waals surface area (Å²) in [6.07, 6.45) is 0. The Bertz CT molecular complexity index is 3610. The number of benzene rings is 11. The van der Waals surface area contributed by atoms with Gasteiger partial charge in [-0.1, -0.05) is 206 Å². The Morgan fingerprint density at radius 1 is 0.290 bits per heavy atom. The van der Waals surface area contributed by atoms with E-state index < -0.39 is 0 Å². The summed E-state index contributed by atoms with van der Waals surface area (Å²) in [7, 11) is 0. The fraction of sp³-hybridized carbons (Fsp3) is 0. The van der Waals surface area contributed by atoms with Crippen molar-refractivity contribution in [2.75, 3.05) is 4.90 Å². The maximum absolute atomic E-state index is 6.61. The first-order chi connectivity index (χ1) is 30.8. The molecule has 0 atom stereocenters. The minimum atomic E-state index is 0.893. The van der Waals surface area contributed by atoms with Gasteiger partial charge in [-0.3, -0.25) is 0 Å². The summed E-state index contributed by atoms with van der Waals surface area (Å²) in [5, 5.41) is 9.51. The Labute approximate surface area is 360 Å². The summed E-state index contributed by atoms with van der Waals surface area (Å²) in [5.41, 5.74) is 14.3. The van der Waals surface area contributed by atoms with E-state index in [4.69, 9.17) is 4.42 Å². The van der Waals surface area contributed by atoms with E-state index in [0.717, 1.165) is 55.7 Å². The van der Waals surface area contributed by atoms with Gasteiger partial charge in [0.1, 0.15) is 11.2 Å². The molecule has 1 aromatic heterocycles. The maximum atomic E-state index is 6.61. The molecule has 0 N–H and O–H groups in total. The first-order valence-corrected chi connectivity index (χ1v) is 21.3. The number of hydrogen-bond donors (Lipinski definition) is 0. The third-order valence-corrected chi connectivity index (χ3v) is 12.5. The summed E-state index contributed by atoms with van der Waals surface area (Å²) in [6, 6.07) is 85.6. The Kier molecular flexibility index (Phi) is 8.53. The smallest absolute Gasteiger partial charge is 0.143 e. The number of nitrogens with zero attached hydrogens (tertiary/aromatic N) is 1. The molecule has 0 unspecified atom stereocenters. The third kappa shape index (κ3) is 5.96. The second kappa shape index (κ2) is 14.8. The molecule has 0 aliphatic carbocycles. The first kappa shape index (κ1) is 35.7. The van der Waals surface area contributed by atoms with Crippen LogP contribution in [0.5, 0.6) is 0 Å². The number of para-hydroxylation sites is 2. The molecular formula is C60H39NO. The lowest BCUT2D eigenvalue weighted by molar-refractivity contribution is 0.670. The molecule has 12 aromatic rings. The van der Waals surface area contributed by atoms with Crippen LogP contribution in [0.4, 0.5) is 17.1 Å². The van der Waals surface area contributed by atoms with E-state index in [-0.39, 0.29) is 0 Å². The average Bonchev–Trinajstić information content (AvgIpc) is 3.74. The topological polar surface area (TPSA) is 16.4 Å². The normalized spacial score (nSPS) is 11.5. The van der Waals surface area contributed by atoms with Crippen LogP contribution in [0.15, 0.2) is 241 Å². The molecule has 2 heteroatoms. The summed E-state index contributed by atoms with van der Waals surface area (Å²) in [4.78, 5) is 2.48. The summed E-state index contributed by atoms with van der Waals surface area (Å²) >= 11 is 0. The average molecular weight is 790 g/mol. The van der Waals surface area contributed by atoms with Crippen molar-refractivity contribution in [2.24, 2.45) is 0 Å². The van der Waals surface area contributed by atoms with Crippen LogP contribution in [-0.2, 0) is 0 Å². The van der Waals surface area contributed by atoms with Gasteiger partial charge in [0.25, 0.3) is 0 Å². The van der Waals surface area contributed by atoms with Gasteiger partial charge in [0.15, 0.2) is 0 Å². The molecule has 12 rings (SSSR count). The predicted molar refractivity (Wildman–Crippen MR) is 263 cm³/mol. The monoisotopic (exact) mass is 789 g/mol. The molecule has 0 aliphatic heterocycles. The van der Waals surface area contributed by atoms with Gasteiger partial charge >= 0.3 is 0 Å². The molecule has 0 saturated heterocycles. The molecule has 62 heavy (non-hydrogen) atoms. The van der Waals surface area contributed by atoms with Crippen LogP contribution in [0.3, 0.4) is 0 Å². The molecule has 0 amide bonds. The Morgan fingerprint density at radius 3 is 1.55 bits per heavy atom. The lowest BCUT2D eigenvalue weighted by Gasteiger charge is -2.31. The van der Waals surface area contributed by atoms with Crippen molar-refractivity contribution in [3.63, 3.8) is 0 Å². The highest BCUT2D eigenvalue weighted by molar-refractivity contribution is 6.24. The van der Waals surface area contributed by atoms with Crippen LogP contribution in [0.1, 0.15) is 0 Å². The zero-order valence-electron chi connectivity index (χ0n) is 33.9. The van der Waals surface area contributed by atoms with Crippen molar-refractivity contribution in [3.8, 4) is 44.5 Å². The highest BCUT2D eigenvalue weighted by Crippen LogP contribution is 2.51. The van der Waals surface area contributed by atoms with Crippen molar-refractivity contribution >= 4 is 71.3 Å². The van der Waals surface area contributed by atoms with Gasteiger partial charge in [-0.2, -0.15) is 0 Å². The molecule has 0 aliphatic rings. The van der Waals surface area contributed by atoms with E-state index in [1.165, 1.54) is 60.1 Å². The van der Waals surface area contributed by atoms with Gasteiger partial charge in [-0.15, -0.1) is 0 Å². The summed E-state index contributed by atoms with van der Waals surface area (Å²) in [5.74, 6) is 0. The number of fused-ring (bicyclic) bond motifs is 7. The Balaban J connectivity index is 1.11. The van der Waals surface area contributed by atoms with Gasteiger partial charge in [0.2, 0.25) is 0 Å².